The van der Waals surface area contributed by atoms with Crippen LogP contribution in [0, 0.1) is 5.82 Å². The summed E-state index contributed by atoms with van der Waals surface area (Å²) in [7, 11) is 0. The number of pyridine rings is 4. The van der Waals surface area contributed by atoms with Gasteiger partial charge >= 0.3 is 0 Å². The normalized spacial score (nSPS) is 10.2. The number of halogens is 2. The predicted octanol–water partition coefficient (Wildman–Crippen LogP) is 3.56. The average molecular weight is 694 g/mol. The average Bonchev–Trinajstić information content (AvgIpc) is 3.02. The van der Waals surface area contributed by atoms with Gasteiger partial charge in [-0.3, -0.25) is 25.4 Å². The van der Waals surface area contributed by atoms with Gasteiger partial charge in [0.2, 0.25) is 0 Å². The Bertz CT molecular complexity index is 1790. The van der Waals surface area contributed by atoms with Crippen molar-refractivity contribution in [3.8, 4) is 0 Å². The minimum Gasteiger partial charge on any atom is -1.00 e. The molecule has 216 valence electrons. The molecule has 3 N–H and O–H groups in total. The van der Waals surface area contributed by atoms with E-state index in [9.17, 15) is 4.39 Å². The fraction of sp³-hybridized carbons (Fsp3) is 0. The summed E-state index contributed by atoms with van der Waals surface area (Å²) in [6, 6.07) is 30.5. The Morgan fingerprint density at radius 1 is 0.628 bits per heavy atom. The molecule has 0 saturated carbocycles. The first-order valence-corrected chi connectivity index (χ1v) is 13.0. The van der Waals surface area contributed by atoms with Crippen molar-refractivity contribution >= 4 is 67.2 Å². The molecule has 0 fully saturated rings. The van der Waals surface area contributed by atoms with Crippen molar-refractivity contribution in [2.45, 2.75) is 0 Å². The van der Waals surface area contributed by atoms with Crippen molar-refractivity contribution in [3.63, 3.8) is 0 Å². The van der Waals surface area contributed by atoms with Crippen LogP contribution in [-0.2, 0) is 19.5 Å². The third-order valence-corrected chi connectivity index (χ3v) is 6.06. The molecular formula is C32H24ClFN7RuS-. The first-order chi connectivity index (χ1) is 20.1. The summed E-state index contributed by atoms with van der Waals surface area (Å²) >= 11 is 4.50. The Labute approximate surface area is 271 Å². The van der Waals surface area contributed by atoms with Gasteiger partial charge in [-0.1, -0.05) is 66.7 Å². The molecule has 0 unspecified atom stereocenters. The van der Waals surface area contributed by atoms with Gasteiger partial charge in [0.25, 0.3) is 0 Å². The Balaban J connectivity index is 0.000000173. The summed E-state index contributed by atoms with van der Waals surface area (Å²) in [4.78, 5) is 17.4. The number of nitrogens with two attached hydrogens (primary N) is 1. The maximum atomic E-state index is 12.9. The number of nitrogens with zero attached hydrogens (tertiary/aromatic N) is 5. The molecule has 43 heavy (non-hydrogen) atoms. The van der Waals surface area contributed by atoms with E-state index in [4.69, 9.17) is 5.73 Å². The van der Waals surface area contributed by atoms with Crippen molar-refractivity contribution in [2.75, 3.05) is 0 Å². The number of rotatable bonds is 2. The van der Waals surface area contributed by atoms with Crippen molar-refractivity contribution in [1.82, 2.24) is 25.4 Å². The molecule has 3 aromatic carbocycles. The number of benzene rings is 3. The largest absolute Gasteiger partial charge is 1.00 e. The van der Waals surface area contributed by atoms with Gasteiger partial charge in [-0.15, -0.1) is 0 Å². The van der Waals surface area contributed by atoms with Crippen molar-refractivity contribution in [3.05, 3.63) is 133 Å². The van der Waals surface area contributed by atoms with Crippen molar-refractivity contribution in [2.24, 2.45) is 10.8 Å². The first-order valence-electron chi connectivity index (χ1n) is 12.6. The van der Waals surface area contributed by atoms with Gasteiger partial charge in [0.05, 0.1) is 28.3 Å². The van der Waals surface area contributed by atoms with E-state index in [2.05, 4.69) is 91.2 Å². The van der Waals surface area contributed by atoms with Gasteiger partial charge in [0.1, 0.15) is 5.82 Å². The van der Waals surface area contributed by atoms with E-state index in [-0.39, 0.29) is 42.8 Å². The van der Waals surface area contributed by atoms with Crippen LogP contribution in [0.2, 0.25) is 0 Å². The molecule has 0 saturated heterocycles. The number of hydrogen-bond donors (Lipinski definition) is 2. The minimum absolute atomic E-state index is 0. The Kier molecular flexibility index (Phi) is 12.5. The number of fused-ring (bicyclic) bond motifs is 6. The summed E-state index contributed by atoms with van der Waals surface area (Å²) in [5.41, 5.74) is 11.7. The van der Waals surface area contributed by atoms with E-state index in [1.165, 1.54) is 12.3 Å². The van der Waals surface area contributed by atoms with Gasteiger partial charge in [0, 0.05) is 71.4 Å². The molecule has 0 aliphatic heterocycles. The number of nitrogens with one attached hydrogen (secondary N) is 1. The van der Waals surface area contributed by atoms with Crippen LogP contribution < -0.4 is 23.6 Å². The van der Waals surface area contributed by atoms with Gasteiger partial charge in [-0.25, -0.2) is 4.39 Å². The smallest absolute Gasteiger partial charge is 0.184 e. The summed E-state index contributed by atoms with van der Waals surface area (Å²) in [5.74, 6) is -0.337. The van der Waals surface area contributed by atoms with Crippen LogP contribution in [0.25, 0.3) is 43.6 Å². The molecule has 0 spiro atoms. The third-order valence-electron chi connectivity index (χ3n) is 5.97. The summed E-state index contributed by atoms with van der Waals surface area (Å²) in [5, 5.41) is 8.22. The van der Waals surface area contributed by atoms with E-state index in [0.717, 1.165) is 43.6 Å². The topological polar surface area (TPSA) is 102 Å². The van der Waals surface area contributed by atoms with Crippen LogP contribution in [0.15, 0.2) is 127 Å². The van der Waals surface area contributed by atoms with Crippen LogP contribution in [-0.4, -0.2) is 31.3 Å². The maximum Gasteiger partial charge on any atom is 0.184 e. The molecule has 11 heteroatoms. The van der Waals surface area contributed by atoms with E-state index >= 15 is 0 Å². The molecule has 0 aliphatic rings. The van der Waals surface area contributed by atoms with Gasteiger partial charge < -0.3 is 18.1 Å². The maximum absolute atomic E-state index is 12.9. The molecule has 0 atom stereocenters. The number of aromatic nitrogens is 4. The fourth-order valence-electron chi connectivity index (χ4n) is 4.10. The Hall–Kier alpha value is -4.50. The van der Waals surface area contributed by atoms with E-state index in [1.807, 2.05) is 24.3 Å². The van der Waals surface area contributed by atoms with E-state index in [0.29, 0.717) is 5.56 Å². The zero-order valence-corrected chi connectivity index (χ0v) is 25.8. The Morgan fingerprint density at radius 2 is 1.00 bits per heavy atom. The zero-order chi connectivity index (χ0) is 28.4. The van der Waals surface area contributed by atoms with Crippen LogP contribution in [0.4, 0.5) is 4.39 Å². The third kappa shape index (κ3) is 8.52. The molecule has 0 aliphatic carbocycles. The second kappa shape index (κ2) is 16.2. The molecule has 0 bridgehead atoms. The molecule has 7 nitrogen and oxygen atoms in total. The van der Waals surface area contributed by atoms with Gasteiger partial charge in [-0.05, 0) is 42.5 Å². The van der Waals surface area contributed by atoms with Gasteiger partial charge in [0.15, 0.2) is 5.11 Å². The van der Waals surface area contributed by atoms with E-state index in [1.54, 1.807) is 43.0 Å². The summed E-state index contributed by atoms with van der Waals surface area (Å²) < 4.78 is 12.9. The monoisotopic (exact) mass is 694 g/mol. The van der Waals surface area contributed by atoms with Crippen LogP contribution in [0.5, 0.6) is 0 Å². The van der Waals surface area contributed by atoms with Gasteiger partial charge in [-0.2, -0.15) is 5.10 Å². The SMILES string of the molecule is NC(=S)N/N=C\c1ccccc1F.[Cl-].[Ru].c1cnc2c(c1)ccc1cccnc12.c1cnc2c(c1)ccc1cccnc12. The minimum atomic E-state index is -0.337. The number of hydrazone groups is 1. The van der Waals surface area contributed by atoms with Crippen LogP contribution >= 0.6 is 12.2 Å². The first kappa shape index (κ1) is 33.0. The van der Waals surface area contributed by atoms with Crippen molar-refractivity contribution < 1.29 is 36.3 Å². The molecule has 7 rings (SSSR count). The van der Waals surface area contributed by atoms with Crippen LogP contribution in [0.3, 0.4) is 0 Å². The molecule has 4 aromatic heterocycles. The number of hydrogen-bond acceptors (Lipinski definition) is 6. The zero-order valence-electron chi connectivity index (χ0n) is 22.5. The molecule has 0 amide bonds. The second-order valence-electron chi connectivity index (χ2n) is 8.69. The van der Waals surface area contributed by atoms with E-state index < -0.39 is 0 Å². The molecule has 7 aromatic rings. The predicted molar refractivity (Wildman–Crippen MR) is 168 cm³/mol. The molecule has 4 heterocycles. The Morgan fingerprint density at radius 3 is 1.35 bits per heavy atom. The molecule has 0 radical (unpaired) electrons. The molecular weight excluding hydrogens is 670 g/mol. The quantitative estimate of drug-likeness (QED) is 0.0940. The van der Waals surface area contributed by atoms with Crippen LogP contribution in [0.1, 0.15) is 5.56 Å². The second-order valence-corrected chi connectivity index (χ2v) is 9.13. The fourth-order valence-corrected chi connectivity index (χ4v) is 4.16. The van der Waals surface area contributed by atoms with Crippen molar-refractivity contribution in [1.29, 1.82) is 0 Å². The summed E-state index contributed by atoms with van der Waals surface area (Å²) in [6.07, 6.45) is 8.52. The summed E-state index contributed by atoms with van der Waals surface area (Å²) in [6.45, 7) is 0. The standard InChI is InChI=1S/2C12H8N2.C8H8FN3S.ClH.Ru/c2*1-3-9-5-6-10-4-2-8-14-12(10)11(9)13-7-1;9-7-4-2-1-3-6(7)5-11-12-8(10)13;;/h2*1-8H;1-5H,(H3,10,12,13);1H;/p-1/b;;11-5-;;. The number of thiocarbonyl (C=S) groups is 1.